The summed E-state index contributed by atoms with van der Waals surface area (Å²) in [6, 6.07) is 6.42. The minimum atomic E-state index is 0.961. The zero-order valence-electron chi connectivity index (χ0n) is 16.6. The third-order valence-corrected chi connectivity index (χ3v) is 3.16. The van der Waals surface area contributed by atoms with Gasteiger partial charge in [-0.1, -0.05) is 81.2 Å². The first-order valence-corrected chi connectivity index (χ1v) is 8.77. The first-order chi connectivity index (χ1) is 10.8. The normalized spacial score (nSPS) is 9.52. The van der Waals surface area contributed by atoms with Crippen molar-refractivity contribution in [2.24, 2.45) is 0 Å². The largest absolute Gasteiger partial charge is 0.100 e. The third kappa shape index (κ3) is 15.1. The first-order valence-electron chi connectivity index (χ1n) is 8.77. The van der Waals surface area contributed by atoms with E-state index in [2.05, 4.69) is 65.1 Å². The van der Waals surface area contributed by atoms with Gasteiger partial charge in [0, 0.05) is 0 Å². The van der Waals surface area contributed by atoms with Gasteiger partial charge in [-0.05, 0) is 57.7 Å². The maximum Gasteiger partial charge on any atom is -0.00265 e. The Balaban J connectivity index is 0. The molecule has 23 heavy (non-hydrogen) atoms. The van der Waals surface area contributed by atoms with Crippen LogP contribution in [-0.4, -0.2) is 0 Å². The van der Waals surface area contributed by atoms with Crippen molar-refractivity contribution >= 4 is 0 Å². The highest BCUT2D eigenvalue weighted by Crippen LogP contribution is 2.17. The number of hydrogen-bond acceptors (Lipinski definition) is 0. The number of hydrogen-bond donors (Lipinski definition) is 0. The molecule has 1 rings (SSSR count). The summed E-state index contributed by atoms with van der Waals surface area (Å²) in [5.74, 6) is 0. The Morgan fingerprint density at radius 3 is 1.74 bits per heavy atom. The SMILES string of the molecule is C=C(/C=C\C)Cc1c(C)cccc1C.C=C(C)C.CCCCC. The number of aryl methyl sites for hydroxylation is 2. The summed E-state index contributed by atoms with van der Waals surface area (Å²) in [5.41, 5.74) is 6.46. The lowest BCUT2D eigenvalue weighted by Crippen LogP contribution is -1.94. The van der Waals surface area contributed by atoms with Crippen LogP contribution in [0, 0.1) is 13.8 Å². The van der Waals surface area contributed by atoms with Crippen molar-refractivity contribution in [2.45, 2.75) is 74.1 Å². The van der Waals surface area contributed by atoms with Crippen LogP contribution in [0.3, 0.4) is 0 Å². The van der Waals surface area contributed by atoms with Gasteiger partial charge >= 0.3 is 0 Å². The average Bonchev–Trinajstić information content (AvgIpc) is 2.44. The molecule has 0 aliphatic rings. The van der Waals surface area contributed by atoms with E-state index >= 15 is 0 Å². The fourth-order valence-corrected chi connectivity index (χ4v) is 2.00. The molecule has 0 heteroatoms. The Morgan fingerprint density at radius 2 is 1.43 bits per heavy atom. The van der Waals surface area contributed by atoms with Crippen molar-refractivity contribution in [2.75, 3.05) is 0 Å². The van der Waals surface area contributed by atoms with Crippen molar-refractivity contribution < 1.29 is 0 Å². The number of unbranched alkanes of at least 4 members (excludes halogenated alkanes) is 2. The molecule has 0 fully saturated rings. The second-order valence-electron chi connectivity index (χ2n) is 6.27. The molecule has 0 aliphatic carbocycles. The number of rotatable bonds is 5. The zero-order valence-corrected chi connectivity index (χ0v) is 16.6. The summed E-state index contributed by atoms with van der Waals surface area (Å²) in [5, 5.41) is 0. The van der Waals surface area contributed by atoms with Crippen molar-refractivity contribution in [3.8, 4) is 0 Å². The van der Waals surface area contributed by atoms with E-state index in [1.807, 2.05) is 26.8 Å². The van der Waals surface area contributed by atoms with Gasteiger partial charge in [-0.15, -0.1) is 6.58 Å². The molecule has 0 aliphatic heterocycles. The molecule has 0 amide bonds. The molecule has 130 valence electrons. The minimum absolute atomic E-state index is 0.961. The molecule has 0 spiro atoms. The fraction of sp³-hybridized carbons (Fsp3) is 0.478. The summed E-state index contributed by atoms with van der Waals surface area (Å²) in [6.45, 7) is 22.3. The molecule has 0 nitrogen and oxygen atoms in total. The lowest BCUT2D eigenvalue weighted by atomic mass is 9.97. The van der Waals surface area contributed by atoms with Crippen LogP contribution in [0.25, 0.3) is 0 Å². The van der Waals surface area contributed by atoms with Crippen LogP contribution in [0.5, 0.6) is 0 Å². The van der Waals surface area contributed by atoms with Crippen LogP contribution in [0.1, 0.15) is 70.6 Å². The van der Waals surface area contributed by atoms with Crippen LogP contribution in [-0.2, 0) is 6.42 Å². The summed E-state index contributed by atoms with van der Waals surface area (Å²) in [4.78, 5) is 0. The Kier molecular flexibility index (Phi) is 15.8. The highest BCUT2D eigenvalue weighted by atomic mass is 14.1. The molecule has 0 radical (unpaired) electrons. The van der Waals surface area contributed by atoms with Crippen LogP contribution in [0.2, 0.25) is 0 Å². The second-order valence-corrected chi connectivity index (χ2v) is 6.27. The number of benzene rings is 1. The summed E-state index contributed by atoms with van der Waals surface area (Å²) >= 11 is 0. The van der Waals surface area contributed by atoms with Gasteiger partial charge < -0.3 is 0 Å². The first kappa shape index (κ1) is 23.7. The third-order valence-electron chi connectivity index (χ3n) is 3.16. The fourth-order valence-electron chi connectivity index (χ4n) is 2.00. The standard InChI is InChI=1S/C14H18.C5H12.C4H8/c1-5-7-11(2)10-14-12(3)8-6-9-13(14)4;1-3-5-4-2;1-4(2)3/h5-9H,2,10H2,1,3-4H3;3-5H2,1-2H3;1H2,2-3H3/b7-5-;;. The molecule has 0 heterocycles. The van der Waals surface area contributed by atoms with Gasteiger partial charge in [0.25, 0.3) is 0 Å². The van der Waals surface area contributed by atoms with Gasteiger partial charge in [-0.25, -0.2) is 0 Å². The summed E-state index contributed by atoms with van der Waals surface area (Å²) < 4.78 is 0. The topological polar surface area (TPSA) is 0 Å². The molecule has 0 bridgehead atoms. The van der Waals surface area contributed by atoms with E-state index in [4.69, 9.17) is 0 Å². The van der Waals surface area contributed by atoms with Crippen LogP contribution < -0.4 is 0 Å². The van der Waals surface area contributed by atoms with Crippen LogP contribution in [0.4, 0.5) is 0 Å². The molecule has 0 aromatic heterocycles. The van der Waals surface area contributed by atoms with E-state index in [0.717, 1.165) is 6.42 Å². The minimum Gasteiger partial charge on any atom is -0.100 e. The highest BCUT2D eigenvalue weighted by Gasteiger charge is 2.01. The Hall–Kier alpha value is -1.56. The zero-order chi connectivity index (χ0) is 18.3. The van der Waals surface area contributed by atoms with Gasteiger partial charge in [-0.3, -0.25) is 0 Å². The lowest BCUT2D eigenvalue weighted by molar-refractivity contribution is 0.772. The summed E-state index contributed by atoms with van der Waals surface area (Å²) in [7, 11) is 0. The molecule has 1 aromatic rings. The average molecular weight is 315 g/mol. The molecular weight excluding hydrogens is 276 g/mol. The summed E-state index contributed by atoms with van der Waals surface area (Å²) in [6.07, 6.45) is 9.15. The van der Waals surface area contributed by atoms with Gasteiger partial charge in [0.2, 0.25) is 0 Å². The van der Waals surface area contributed by atoms with E-state index in [0.29, 0.717) is 0 Å². The van der Waals surface area contributed by atoms with E-state index in [1.165, 1.54) is 47.1 Å². The van der Waals surface area contributed by atoms with Gasteiger partial charge in [0.15, 0.2) is 0 Å². The van der Waals surface area contributed by atoms with Crippen molar-refractivity contribution in [1.29, 1.82) is 0 Å². The lowest BCUT2D eigenvalue weighted by Gasteiger charge is -2.09. The predicted octanol–water partition coefficient (Wildman–Crippen LogP) is 7.76. The predicted molar refractivity (Wildman–Crippen MR) is 109 cm³/mol. The molecular formula is C23H38. The maximum atomic E-state index is 4.04. The highest BCUT2D eigenvalue weighted by molar-refractivity contribution is 5.38. The van der Waals surface area contributed by atoms with Gasteiger partial charge in [0.1, 0.15) is 0 Å². The molecule has 1 aromatic carbocycles. The Bertz CT molecular complexity index is 449. The van der Waals surface area contributed by atoms with Crippen molar-refractivity contribution in [3.05, 3.63) is 71.3 Å². The molecule has 0 saturated heterocycles. The Labute approximate surface area is 146 Å². The van der Waals surface area contributed by atoms with E-state index < -0.39 is 0 Å². The number of allylic oxidation sites excluding steroid dienone is 4. The maximum absolute atomic E-state index is 4.04. The van der Waals surface area contributed by atoms with Gasteiger partial charge in [0.05, 0.1) is 0 Å². The Morgan fingerprint density at radius 1 is 1.00 bits per heavy atom. The van der Waals surface area contributed by atoms with Crippen molar-refractivity contribution in [3.63, 3.8) is 0 Å². The monoisotopic (exact) mass is 314 g/mol. The molecule has 0 atom stereocenters. The smallest absolute Gasteiger partial charge is 0.00265 e. The van der Waals surface area contributed by atoms with E-state index in [1.54, 1.807) is 0 Å². The van der Waals surface area contributed by atoms with E-state index in [-0.39, 0.29) is 0 Å². The molecule has 0 unspecified atom stereocenters. The molecule has 0 saturated carbocycles. The molecule has 0 N–H and O–H groups in total. The van der Waals surface area contributed by atoms with E-state index in [9.17, 15) is 0 Å². The van der Waals surface area contributed by atoms with Gasteiger partial charge in [-0.2, -0.15) is 0 Å². The van der Waals surface area contributed by atoms with Crippen LogP contribution >= 0.6 is 0 Å². The van der Waals surface area contributed by atoms with Crippen molar-refractivity contribution in [1.82, 2.24) is 0 Å². The quantitative estimate of drug-likeness (QED) is 0.385. The second kappa shape index (κ2) is 15.3. The van der Waals surface area contributed by atoms with Crippen LogP contribution in [0.15, 0.2) is 54.7 Å².